The van der Waals surface area contributed by atoms with Gasteiger partial charge in [0.15, 0.2) is 0 Å². The molecule has 1 amide bonds. The first-order chi connectivity index (χ1) is 7.79. The first-order valence-corrected chi connectivity index (χ1v) is 5.52. The minimum absolute atomic E-state index is 0.0463. The third-order valence-electron chi connectivity index (χ3n) is 2.09. The molecule has 96 valence electrons. The highest BCUT2D eigenvalue weighted by Gasteiger charge is 2.17. The number of aromatic nitrogens is 2. The van der Waals surface area contributed by atoms with Crippen LogP contribution in [0.1, 0.15) is 39.4 Å². The van der Waals surface area contributed by atoms with Crippen LogP contribution in [0.3, 0.4) is 0 Å². The summed E-state index contributed by atoms with van der Waals surface area (Å²) in [5.74, 6) is 0. The Kier molecular flexibility index (Phi) is 4.11. The van der Waals surface area contributed by atoms with Crippen molar-refractivity contribution in [2.75, 3.05) is 0 Å². The monoisotopic (exact) mass is 240 g/mol. The van der Waals surface area contributed by atoms with Crippen LogP contribution in [0.5, 0.6) is 0 Å². The van der Waals surface area contributed by atoms with E-state index >= 15 is 0 Å². The fourth-order valence-electron chi connectivity index (χ4n) is 1.35. The standard InChI is InChI=1S/C11H20N4O2/c1-8(9-6-7-12-15(9)5)13-14-10(16)17-11(2,3)4/h6-8,13H,1-5H3,(H,14,16). The van der Waals surface area contributed by atoms with Crippen molar-refractivity contribution in [2.24, 2.45) is 7.05 Å². The zero-order chi connectivity index (χ0) is 13.1. The quantitative estimate of drug-likeness (QED) is 0.786. The first-order valence-electron chi connectivity index (χ1n) is 5.52. The summed E-state index contributed by atoms with van der Waals surface area (Å²) in [6.45, 7) is 7.37. The van der Waals surface area contributed by atoms with Crippen molar-refractivity contribution >= 4 is 6.09 Å². The van der Waals surface area contributed by atoms with Crippen molar-refractivity contribution < 1.29 is 9.53 Å². The van der Waals surface area contributed by atoms with E-state index in [2.05, 4.69) is 16.0 Å². The van der Waals surface area contributed by atoms with E-state index < -0.39 is 11.7 Å². The highest BCUT2D eigenvalue weighted by molar-refractivity contribution is 5.67. The fourth-order valence-corrected chi connectivity index (χ4v) is 1.35. The molecule has 0 saturated carbocycles. The molecule has 6 heteroatoms. The highest BCUT2D eigenvalue weighted by Crippen LogP contribution is 2.09. The number of nitrogens with zero attached hydrogens (tertiary/aromatic N) is 2. The number of nitrogens with one attached hydrogen (secondary N) is 2. The molecule has 0 aliphatic rings. The minimum atomic E-state index is -0.498. The van der Waals surface area contributed by atoms with Crippen LogP contribution in [0, 0.1) is 0 Å². The molecule has 1 atom stereocenters. The fraction of sp³-hybridized carbons (Fsp3) is 0.636. The number of aryl methyl sites for hydroxylation is 1. The van der Waals surface area contributed by atoms with Crippen LogP contribution < -0.4 is 10.9 Å². The van der Waals surface area contributed by atoms with Gasteiger partial charge in [-0.1, -0.05) is 0 Å². The van der Waals surface area contributed by atoms with Crippen LogP contribution in [0.25, 0.3) is 0 Å². The Bertz CT molecular complexity index is 381. The molecular weight excluding hydrogens is 220 g/mol. The van der Waals surface area contributed by atoms with E-state index in [9.17, 15) is 4.79 Å². The van der Waals surface area contributed by atoms with Crippen molar-refractivity contribution in [1.82, 2.24) is 20.6 Å². The molecule has 2 N–H and O–H groups in total. The summed E-state index contributed by atoms with van der Waals surface area (Å²) in [7, 11) is 1.85. The Hall–Kier alpha value is -1.56. The third-order valence-corrected chi connectivity index (χ3v) is 2.09. The number of hydrogen-bond acceptors (Lipinski definition) is 4. The van der Waals surface area contributed by atoms with E-state index in [1.54, 1.807) is 10.9 Å². The first kappa shape index (κ1) is 13.5. The van der Waals surface area contributed by atoms with Crippen molar-refractivity contribution in [3.8, 4) is 0 Å². The molecule has 0 saturated heterocycles. The molecule has 1 aromatic heterocycles. The zero-order valence-corrected chi connectivity index (χ0v) is 10.9. The van der Waals surface area contributed by atoms with E-state index in [1.807, 2.05) is 40.8 Å². The minimum Gasteiger partial charge on any atom is -0.443 e. The summed E-state index contributed by atoms with van der Waals surface area (Å²) in [5.41, 5.74) is 5.84. The lowest BCUT2D eigenvalue weighted by atomic mass is 10.2. The van der Waals surface area contributed by atoms with Gasteiger partial charge >= 0.3 is 6.09 Å². The summed E-state index contributed by atoms with van der Waals surface area (Å²) in [6, 6.07) is 1.84. The van der Waals surface area contributed by atoms with Crippen LogP contribution in [0.4, 0.5) is 4.79 Å². The summed E-state index contributed by atoms with van der Waals surface area (Å²) < 4.78 is 6.85. The molecule has 0 spiro atoms. The highest BCUT2D eigenvalue weighted by atomic mass is 16.6. The van der Waals surface area contributed by atoms with Crippen molar-refractivity contribution in [1.29, 1.82) is 0 Å². The van der Waals surface area contributed by atoms with Crippen LogP contribution in [-0.4, -0.2) is 21.5 Å². The summed E-state index contributed by atoms with van der Waals surface area (Å²) >= 11 is 0. The van der Waals surface area contributed by atoms with Crippen molar-refractivity contribution in [3.63, 3.8) is 0 Å². The predicted molar refractivity (Wildman–Crippen MR) is 64.1 cm³/mol. The van der Waals surface area contributed by atoms with Gasteiger partial charge in [-0.15, -0.1) is 0 Å². The van der Waals surface area contributed by atoms with Gasteiger partial charge in [-0.05, 0) is 33.8 Å². The van der Waals surface area contributed by atoms with E-state index in [-0.39, 0.29) is 6.04 Å². The molecule has 17 heavy (non-hydrogen) atoms. The van der Waals surface area contributed by atoms with Gasteiger partial charge in [-0.2, -0.15) is 5.10 Å². The normalized spacial score (nSPS) is 13.2. The maximum Gasteiger partial charge on any atom is 0.422 e. The predicted octanol–water partition coefficient (Wildman–Crippen LogP) is 1.51. The van der Waals surface area contributed by atoms with Gasteiger partial charge in [0.2, 0.25) is 0 Å². The maximum atomic E-state index is 11.4. The van der Waals surface area contributed by atoms with E-state index in [0.717, 1.165) is 5.69 Å². The van der Waals surface area contributed by atoms with Gasteiger partial charge in [0.05, 0.1) is 11.7 Å². The number of hydrogen-bond donors (Lipinski definition) is 2. The van der Waals surface area contributed by atoms with E-state index in [1.165, 1.54) is 0 Å². The Morgan fingerprint density at radius 3 is 2.65 bits per heavy atom. The van der Waals surface area contributed by atoms with Gasteiger partial charge in [0.1, 0.15) is 5.60 Å². The molecule has 1 unspecified atom stereocenters. The van der Waals surface area contributed by atoms with Gasteiger partial charge in [-0.25, -0.2) is 10.2 Å². The zero-order valence-electron chi connectivity index (χ0n) is 10.9. The molecule has 0 radical (unpaired) electrons. The summed E-state index contributed by atoms with van der Waals surface area (Å²) in [4.78, 5) is 11.4. The van der Waals surface area contributed by atoms with Gasteiger partial charge in [-0.3, -0.25) is 10.1 Å². The maximum absolute atomic E-state index is 11.4. The lowest BCUT2D eigenvalue weighted by Gasteiger charge is -2.21. The van der Waals surface area contributed by atoms with Crippen molar-refractivity contribution in [2.45, 2.75) is 39.3 Å². The van der Waals surface area contributed by atoms with Gasteiger partial charge in [0.25, 0.3) is 0 Å². The molecule has 1 aromatic rings. The average Bonchev–Trinajstić information content (AvgIpc) is 2.58. The van der Waals surface area contributed by atoms with Crippen LogP contribution >= 0.6 is 0 Å². The largest absolute Gasteiger partial charge is 0.443 e. The molecule has 1 heterocycles. The Morgan fingerprint density at radius 2 is 2.18 bits per heavy atom. The lowest BCUT2D eigenvalue weighted by Crippen LogP contribution is -2.42. The molecule has 0 fully saturated rings. The Balaban J connectivity index is 2.41. The molecule has 6 nitrogen and oxygen atoms in total. The Morgan fingerprint density at radius 1 is 1.53 bits per heavy atom. The molecule has 0 aromatic carbocycles. The number of hydrazine groups is 1. The van der Waals surface area contributed by atoms with E-state index in [0.29, 0.717) is 0 Å². The topological polar surface area (TPSA) is 68.2 Å². The summed E-state index contributed by atoms with van der Waals surface area (Å²) in [6.07, 6.45) is 1.22. The van der Waals surface area contributed by atoms with Crippen LogP contribution in [-0.2, 0) is 11.8 Å². The van der Waals surface area contributed by atoms with Crippen molar-refractivity contribution in [3.05, 3.63) is 18.0 Å². The van der Waals surface area contributed by atoms with Gasteiger partial charge < -0.3 is 4.74 Å². The number of rotatable bonds is 3. The second-order valence-corrected chi connectivity index (χ2v) is 4.87. The smallest absolute Gasteiger partial charge is 0.422 e. The van der Waals surface area contributed by atoms with E-state index in [4.69, 9.17) is 4.74 Å². The number of carbonyl (C=O) groups excluding carboxylic acids is 1. The molecule has 0 aliphatic heterocycles. The molecule has 0 bridgehead atoms. The second-order valence-electron chi connectivity index (χ2n) is 4.87. The molecule has 0 aliphatic carbocycles. The third kappa shape index (κ3) is 4.44. The number of carbonyl (C=O) groups is 1. The lowest BCUT2D eigenvalue weighted by molar-refractivity contribution is 0.0488. The summed E-state index contributed by atoms with van der Waals surface area (Å²) in [5, 5.41) is 4.06. The average molecular weight is 240 g/mol. The second kappa shape index (κ2) is 5.18. The number of ether oxygens (including phenoxy) is 1. The molecular formula is C11H20N4O2. The number of amides is 1. The van der Waals surface area contributed by atoms with Gasteiger partial charge in [0, 0.05) is 13.2 Å². The Labute approximate surface area is 101 Å². The SMILES string of the molecule is CC(NNC(=O)OC(C)(C)C)c1ccnn1C. The van der Waals surface area contributed by atoms with Crippen LogP contribution in [0.2, 0.25) is 0 Å². The molecule has 1 rings (SSSR count). The van der Waals surface area contributed by atoms with Crippen LogP contribution in [0.15, 0.2) is 12.3 Å².